The van der Waals surface area contributed by atoms with Gasteiger partial charge in [0.25, 0.3) is 0 Å². The predicted molar refractivity (Wildman–Crippen MR) is 92.7 cm³/mol. The van der Waals surface area contributed by atoms with Gasteiger partial charge >= 0.3 is 5.91 Å². The van der Waals surface area contributed by atoms with Gasteiger partial charge in [-0.15, -0.1) is 0 Å². The normalized spacial score (nSPS) is 12.2. The Morgan fingerprint density at radius 3 is 2.91 bits per heavy atom. The van der Waals surface area contributed by atoms with Crippen molar-refractivity contribution in [1.29, 1.82) is 0 Å². The van der Waals surface area contributed by atoms with Crippen molar-refractivity contribution in [3.63, 3.8) is 0 Å². The van der Waals surface area contributed by atoms with Crippen LogP contribution >= 0.6 is 27.3 Å². The molecular weight excluding hydrogens is 380 g/mol. The number of amides is 1. The van der Waals surface area contributed by atoms with Gasteiger partial charge in [0.1, 0.15) is 0 Å². The lowest BCUT2D eigenvalue weighted by Crippen LogP contribution is -2.19. The number of rotatable bonds is 4. The zero-order valence-electron chi connectivity index (χ0n) is 12.7. The first-order valence-electron chi connectivity index (χ1n) is 7.02. The molecule has 0 spiro atoms. The molecule has 0 N–H and O–H groups in total. The van der Waals surface area contributed by atoms with E-state index in [1.165, 1.54) is 16.9 Å². The number of furan rings is 1. The molecule has 0 saturated heterocycles. The minimum absolute atomic E-state index is 0.212. The molecule has 0 saturated carbocycles. The first-order chi connectivity index (χ1) is 11.1. The van der Waals surface area contributed by atoms with Crippen molar-refractivity contribution in [2.75, 3.05) is 13.7 Å². The van der Waals surface area contributed by atoms with Crippen LogP contribution in [0.2, 0.25) is 0 Å². The van der Waals surface area contributed by atoms with Crippen LogP contribution in [0.15, 0.2) is 44.4 Å². The lowest BCUT2D eigenvalue weighted by molar-refractivity contribution is 0.0969. The van der Waals surface area contributed by atoms with Crippen LogP contribution in [0, 0.1) is 6.92 Å². The number of aromatic nitrogens is 1. The number of benzene rings is 1. The van der Waals surface area contributed by atoms with Gasteiger partial charge in [0.05, 0.1) is 16.8 Å². The Bertz CT molecular complexity index is 923. The van der Waals surface area contributed by atoms with Gasteiger partial charge in [-0.05, 0) is 52.7 Å². The molecule has 3 rings (SSSR count). The lowest BCUT2D eigenvalue weighted by Gasteiger charge is -2.04. The Morgan fingerprint density at radius 2 is 2.22 bits per heavy atom. The molecule has 5 nitrogen and oxygen atoms in total. The van der Waals surface area contributed by atoms with Gasteiger partial charge in [0.2, 0.25) is 0 Å². The summed E-state index contributed by atoms with van der Waals surface area (Å²) in [5.41, 5.74) is 2.22. The minimum Gasteiger partial charge on any atom is -0.444 e. The van der Waals surface area contributed by atoms with E-state index in [-0.39, 0.29) is 5.76 Å². The van der Waals surface area contributed by atoms with Crippen LogP contribution in [0.3, 0.4) is 0 Å². The average molecular weight is 395 g/mol. The number of hydrogen-bond acceptors (Lipinski definition) is 4. The molecule has 0 aliphatic rings. The summed E-state index contributed by atoms with van der Waals surface area (Å²) in [6.07, 6.45) is 0. The van der Waals surface area contributed by atoms with E-state index in [4.69, 9.17) is 9.15 Å². The second-order valence-corrected chi connectivity index (χ2v) is 6.81. The number of hydrogen-bond donors (Lipinski definition) is 0. The number of fused-ring (bicyclic) bond motifs is 1. The van der Waals surface area contributed by atoms with Crippen LogP contribution in [0.25, 0.3) is 10.2 Å². The Labute approximate surface area is 145 Å². The van der Waals surface area contributed by atoms with Crippen LogP contribution in [0.1, 0.15) is 16.1 Å². The second kappa shape index (κ2) is 6.82. The third-order valence-corrected chi connectivity index (χ3v) is 4.81. The largest absolute Gasteiger partial charge is 0.444 e. The van der Waals surface area contributed by atoms with Crippen molar-refractivity contribution >= 4 is 43.4 Å². The quantitative estimate of drug-likeness (QED) is 0.676. The predicted octanol–water partition coefficient (Wildman–Crippen LogP) is 3.75. The number of aryl methyl sites for hydroxylation is 1. The van der Waals surface area contributed by atoms with Crippen LogP contribution in [-0.4, -0.2) is 24.2 Å². The Hall–Kier alpha value is -1.70. The number of ether oxygens (including phenoxy) is 1. The third-order valence-electron chi connectivity index (χ3n) is 3.34. The average Bonchev–Trinajstić information content (AvgIpc) is 3.08. The van der Waals surface area contributed by atoms with E-state index in [1.807, 2.05) is 23.6 Å². The fourth-order valence-corrected chi connectivity index (χ4v) is 3.69. The van der Waals surface area contributed by atoms with E-state index in [0.717, 1.165) is 10.2 Å². The van der Waals surface area contributed by atoms with Crippen molar-refractivity contribution in [3.05, 3.63) is 51.1 Å². The topological polar surface area (TPSA) is 56.7 Å². The summed E-state index contributed by atoms with van der Waals surface area (Å²) in [6, 6.07) is 9.47. The summed E-state index contributed by atoms with van der Waals surface area (Å²) >= 11 is 4.68. The van der Waals surface area contributed by atoms with E-state index >= 15 is 0 Å². The van der Waals surface area contributed by atoms with Crippen LogP contribution in [0.4, 0.5) is 0 Å². The first kappa shape index (κ1) is 16.2. The second-order valence-electron chi connectivity index (χ2n) is 5.02. The maximum atomic E-state index is 12.3. The highest BCUT2D eigenvalue weighted by Gasteiger charge is 2.12. The van der Waals surface area contributed by atoms with Crippen LogP contribution < -0.4 is 4.80 Å². The SMILES string of the molecule is COCCn1c(=NC(=O)c2ccc(Br)o2)sc2cc(C)ccc21. The summed E-state index contributed by atoms with van der Waals surface area (Å²) in [5, 5.41) is 0. The van der Waals surface area contributed by atoms with Crippen molar-refractivity contribution in [1.82, 2.24) is 4.57 Å². The molecule has 0 unspecified atom stereocenters. The first-order valence-corrected chi connectivity index (χ1v) is 8.63. The molecule has 0 aliphatic carbocycles. The Balaban J connectivity index is 2.11. The van der Waals surface area contributed by atoms with Gasteiger partial charge in [-0.2, -0.15) is 4.99 Å². The Morgan fingerprint density at radius 1 is 1.39 bits per heavy atom. The number of carbonyl (C=O) groups is 1. The lowest BCUT2D eigenvalue weighted by atomic mass is 10.2. The summed E-state index contributed by atoms with van der Waals surface area (Å²) < 4.78 is 14.0. The number of thiazole rings is 1. The maximum Gasteiger partial charge on any atom is 0.315 e. The standard InChI is InChI=1S/C16H15BrN2O3S/c1-10-3-4-11-13(9-10)23-16(19(11)7-8-21-2)18-15(20)12-5-6-14(17)22-12/h3-6,9H,7-8H2,1-2H3. The summed E-state index contributed by atoms with van der Waals surface area (Å²) in [6.45, 7) is 3.22. The highest BCUT2D eigenvalue weighted by Crippen LogP contribution is 2.19. The molecular formula is C16H15BrN2O3S. The molecule has 0 aliphatic heterocycles. The van der Waals surface area contributed by atoms with Gasteiger partial charge in [0.15, 0.2) is 15.2 Å². The fourth-order valence-electron chi connectivity index (χ4n) is 2.24. The van der Waals surface area contributed by atoms with Crippen LogP contribution in [0.5, 0.6) is 0 Å². The third kappa shape index (κ3) is 3.46. The summed E-state index contributed by atoms with van der Waals surface area (Å²) in [5.74, 6) is -0.186. The van der Waals surface area contributed by atoms with Gasteiger partial charge < -0.3 is 13.7 Å². The highest BCUT2D eigenvalue weighted by molar-refractivity contribution is 9.10. The zero-order chi connectivity index (χ0) is 16.4. The molecule has 0 atom stereocenters. The molecule has 3 aromatic rings. The van der Waals surface area contributed by atoms with Gasteiger partial charge in [0, 0.05) is 13.7 Å². The number of methoxy groups -OCH3 is 1. The molecule has 1 aromatic carbocycles. The van der Waals surface area contributed by atoms with E-state index < -0.39 is 5.91 Å². The number of carbonyl (C=O) groups excluding carboxylic acids is 1. The van der Waals surface area contributed by atoms with E-state index in [1.54, 1.807) is 19.2 Å². The highest BCUT2D eigenvalue weighted by atomic mass is 79.9. The van der Waals surface area contributed by atoms with Crippen molar-refractivity contribution in [2.24, 2.45) is 4.99 Å². The van der Waals surface area contributed by atoms with E-state index in [9.17, 15) is 4.79 Å². The monoisotopic (exact) mass is 394 g/mol. The molecule has 120 valence electrons. The van der Waals surface area contributed by atoms with Crippen LogP contribution in [-0.2, 0) is 11.3 Å². The number of halogens is 1. The van der Waals surface area contributed by atoms with Crippen molar-refractivity contribution < 1.29 is 13.9 Å². The van der Waals surface area contributed by atoms with Gasteiger partial charge in [-0.1, -0.05) is 17.4 Å². The van der Waals surface area contributed by atoms with Gasteiger partial charge in [-0.3, -0.25) is 4.79 Å². The molecule has 2 aromatic heterocycles. The number of nitrogens with zero attached hydrogens (tertiary/aromatic N) is 2. The van der Waals surface area contributed by atoms with Crippen molar-refractivity contribution in [2.45, 2.75) is 13.5 Å². The van der Waals surface area contributed by atoms with Gasteiger partial charge in [-0.25, -0.2) is 0 Å². The maximum absolute atomic E-state index is 12.3. The van der Waals surface area contributed by atoms with E-state index in [2.05, 4.69) is 27.0 Å². The minimum atomic E-state index is -0.398. The Kier molecular flexibility index (Phi) is 4.79. The fraction of sp³-hybridized carbons (Fsp3) is 0.250. The molecule has 0 radical (unpaired) electrons. The summed E-state index contributed by atoms with van der Waals surface area (Å²) in [4.78, 5) is 17.2. The van der Waals surface area contributed by atoms with E-state index in [0.29, 0.717) is 22.6 Å². The zero-order valence-corrected chi connectivity index (χ0v) is 15.1. The summed E-state index contributed by atoms with van der Waals surface area (Å²) in [7, 11) is 1.65. The molecule has 0 bridgehead atoms. The molecule has 1 amide bonds. The van der Waals surface area contributed by atoms with Crippen molar-refractivity contribution in [3.8, 4) is 0 Å². The smallest absolute Gasteiger partial charge is 0.315 e. The molecule has 7 heteroatoms. The molecule has 0 fully saturated rings. The molecule has 23 heavy (non-hydrogen) atoms. The molecule has 2 heterocycles.